The number of anilines is 1. The molecule has 2 aromatic carbocycles. The van der Waals surface area contributed by atoms with Crippen molar-refractivity contribution in [2.24, 2.45) is 5.92 Å². The molecule has 210 valence electrons. The average Bonchev–Trinajstić information content (AvgIpc) is 3.57. The minimum atomic E-state index is -2.97. The molecule has 2 aromatic heterocycles. The fourth-order valence-corrected chi connectivity index (χ4v) is 4.97. The lowest BCUT2D eigenvalue weighted by atomic mass is 9.99. The summed E-state index contributed by atoms with van der Waals surface area (Å²) in [6, 6.07) is 17.6. The topological polar surface area (TPSA) is 86.6 Å². The second-order valence-corrected chi connectivity index (χ2v) is 10.3. The maximum absolute atomic E-state index is 13.1. The number of rotatable bonds is 11. The van der Waals surface area contributed by atoms with Gasteiger partial charge in [-0.25, -0.2) is 0 Å². The van der Waals surface area contributed by atoms with E-state index in [9.17, 15) is 18.4 Å². The van der Waals surface area contributed by atoms with Gasteiger partial charge in [-0.3, -0.25) is 24.2 Å². The van der Waals surface area contributed by atoms with Gasteiger partial charge in [-0.2, -0.15) is 13.9 Å². The Kier molecular flexibility index (Phi) is 7.45. The van der Waals surface area contributed by atoms with Crippen molar-refractivity contribution >= 4 is 17.5 Å². The van der Waals surface area contributed by atoms with Gasteiger partial charge < -0.3 is 9.47 Å². The SMILES string of the molecule is O=C1CCC(=O)N1c1cccc(-c2ccn(C(Cc3ccncc3)c3ccc(OC(F)F)c(OCC4CC4)c3)n2)c1. The fraction of sp³-hybridized carbons (Fsp3) is 0.290. The van der Waals surface area contributed by atoms with E-state index in [-0.39, 0.29) is 42.2 Å². The van der Waals surface area contributed by atoms with E-state index in [1.165, 1.54) is 11.0 Å². The first kappa shape index (κ1) is 26.6. The van der Waals surface area contributed by atoms with Gasteiger partial charge in [0, 0.05) is 37.0 Å². The first-order chi connectivity index (χ1) is 19.9. The van der Waals surface area contributed by atoms with Crippen molar-refractivity contribution in [1.29, 1.82) is 0 Å². The first-order valence-corrected chi connectivity index (χ1v) is 13.6. The number of nitrogens with zero attached hydrogens (tertiary/aromatic N) is 4. The lowest BCUT2D eigenvalue weighted by molar-refractivity contribution is -0.121. The Balaban J connectivity index is 1.34. The molecule has 6 rings (SSSR count). The second kappa shape index (κ2) is 11.5. The third-order valence-electron chi connectivity index (χ3n) is 7.30. The Morgan fingerprint density at radius 1 is 0.927 bits per heavy atom. The summed E-state index contributed by atoms with van der Waals surface area (Å²) in [5.41, 5.74) is 3.76. The van der Waals surface area contributed by atoms with Crippen molar-refractivity contribution in [3.05, 3.63) is 90.4 Å². The zero-order chi connectivity index (χ0) is 28.3. The fourth-order valence-electron chi connectivity index (χ4n) is 4.97. The van der Waals surface area contributed by atoms with Gasteiger partial charge in [0.05, 0.1) is 24.0 Å². The molecule has 0 radical (unpaired) electrons. The van der Waals surface area contributed by atoms with Crippen LogP contribution in [0, 0.1) is 5.92 Å². The Hall–Kier alpha value is -4.60. The van der Waals surface area contributed by atoms with E-state index in [4.69, 9.17) is 14.6 Å². The normalized spacial score (nSPS) is 15.9. The standard InChI is InChI=1S/C31H28F2N4O4/c32-31(33)41-27-7-6-23(18-28(27)40-19-21-4-5-21)26(16-20-10-13-34-14-11-20)36-15-12-25(35-36)22-2-1-3-24(17-22)37-29(38)8-9-30(37)39/h1-3,6-7,10-15,17-18,21,26,31H,4-5,8-9,16,19H2. The molecule has 0 N–H and O–H groups in total. The number of carbonyl (C=O) groups excluding carboxylic acids is 2. The summed E-state index contributed by atoms with van der Waals surface area (Å²) in [7, 11) is 0. The molecule has 3 heterocycles. The van der Waals surface area contributed by atoms with E-state index >= 15 is 0 Å². The molecule has 2 amide bonds. The average molecular weight is 559 g/mol. The molecule has 41 heavy (non-hydrogen) atoms. The largest absolute Gasteiger partial charge is 0.489 e. The smallest absolute Gasteiger partial charge is 0.387 e. The second-order valence-electron chi connectivity index (χ2n) is 10.3. The number of benzene rings is 2. The highest BCUT2D eigenvalue weighted by Crippen LogP contribution is 2.37. The van der Waals surface area contributed by atoms with E-state index in [1.807, 2.05) is 35.1 Å². The van der Waals surface area contributed by atoms with Gasteiger partial charge in [0.2, 0.25) is 11.8 Å². The van der Waals surface area contributed by atoms with Gasteiger partial charge in [0.15, 0.2) is 11.5 Å². The summed E-state index contributed by atoms with van der Waals surface area (Å²) in [4.78, 5) is 29.9. The van der Waals surface area contributed by atoms with Crippen molar-refractivity contribution in [3.63, 3.8) is 0 Å². The van der Waals surface area contributed by atoms with Crippen LogP contribution in [0.4, 0.5) is 14.5 Å². The zero-order valence-electron chi connectivity index (χ0n) is 22.2. The minimum Gasteiger partial charge on any atom is -0.489 e. The van der Waals surface area contributed by atoms with Gasteiger partial charge >= 0.3 is 6.61 Å². The Bertz CT molecular complexity index is 1540. The van der Waals surface area contributed by atoms with Crippen LogP contribution in [-0.2, 0) is 16.0 Å². The number of carbonyl (C=O) groups is 2. The van der Waals surface area contributed by atoms with Crippen molar-refractivity contribution < 1.29 is 27.8 Å². The number of hydrogen-bond acceptors (Lipinski definition) is 6. The number of ether oxygens (including phenoxy) is 2. The summed E-state index contributed by atoms with van der Waals surface area (Å²) in [5, 5.41) is 4.86. The van der Waals surface area contributed by atoms with Crippen LogP contribution in [0.1, 0.15) is 42.9 Å². The molecule has 1 aliphatic heterocycles. The Morgan fingerprint density at radius 3 is 2.44 bits per heavy atom. The van der Waals surface area contributed by atoms with Gasteiger partial charge in [-0.05, 0) is 78.8 Å². The van der Waals surface area contributed by atoms with Gasteiger partial charge in [-0.1, -0.05) is 18.2 Å². The van der Waals surface area contributed by atoms with Crippen molar-refractivity contribution in [3.8, 4) is 22.8 Å². The van der Waals surface area contributed by atoms with Gasteiger partial charge in [0.1, 0.15) is 0 Å². The molecular formula is C31H28F2N4O4. The predicted molar refractivity (Wildman–Crippen MR) is 147 cm³/mol. The van der Waals surface area contributed by atoms with Crippen LogP contribution in [0.5, 0.6) is 11.5 Å². The summed E-state index contributed by atoms with van der Waals surface area (Å²) in [5.74, 6) is 0.273. The molecule has 1 saturated heterocycles. The summed E-state index contributed by atoms with van der Waals surface area (Å²) in [6.45, 7) is -2.52. The lowest BCUT2D eigenvalue weighted by Crippen LogP contribution is -2.28. The number of aromatic nitrogens is 3. The van der Waals surface area contributed by atoms with E-state index < -0.39 is 6.61 Å². The number of hydrogen-bond donors (Lipinski definition) is 0. The van der Waals surface area contributed by atoms with E-state index in [0.717, 1.165) is 29.5 Å². The number of alkyl halides is 2. The Morgan fingerprint density at radius 2 is 1.71 bits per heavy atom. The van der Waals surface area contributed by atoms with Gasteiger partial charge in [0.25, 0.3) is 0 Å². The number of halogens is 2. The van der Waals surface area contributed by atoms with E-state index in [1.54, 1.807) is 42.7 Å². The number of pyridine rings is 1. The molecule has 4 aromatic rings. The van der Waals surface area contributed by atoms with Crippen LogP contribution >= 0.6 is 0 Å². The van der Waals surface area contributed by atoms with Crippen LogP contribution in [0.15, 0.2) is 79.3 Å². The van der Waals surface area contributed by atoms with E-state index in [0.29, 0.717) is 30.3 Å². The van der Waals surface area contributed by atoms with Crippen molar-refractivity contribution in [2.45, 2.75) is 44.8 Å². The molecule has 1 saturated carbocycles. The molecule has 8 nitrogen and oxygen atoms in total. The Labute approximate surface area is 235 Å². The van der Waals surface area contributed by atoms with Crippen LogP contribution in [0.25, 0.3) is 11.3 Å². The third kappa shape index (κ3) is 6.11. The molecular weight excluding hydrogens is 530 g/mol. The molecule has 10 heteroatoms. The molecule has 1 atom stereocenters. The van der Waals surface area contributed by atoms with Crippen LogP contribution in [0.2, 0.25) is 0 Å². The first-order valence-electron chi connectivity index (χ1n) is 13.6. The molecule has 2 fully saturated rings. The third-order valence-corrected chi connectivity index (χ3v) is 7.30. The molecule has 2 aliphatic rings. The summed E-state index contributed by atoms with van der Waals surface area (Å²) in [6.07, 6.45) is 8.39. The highest BCUT2D eigenvalue weighted by molar-refractivity contribution is 6.19. The zero-order valence-corrected chi connectivity index (χ0v) is 22.2. The maximum atomic E-state index is 13.1. The minimum absolute atomic E-state index is 0.00367. The number of imide groups is 1. The summed E-state index contributed by atoms with van der Waals surface area (Å²) < 4.78 is 38.7. The molecule has 1 unspecified atom stereocenters. The van der Waals surface area contributed by atoms with Crippen LogP contribution < -0.4 is 14.4 Å². The predicted octanol–water partition coefficient (Wildman–Crippen LogP) is 5.82. The monoisotopic (exact) mass is 558 g/mol. The van der Waals surface area contributed by atoms with Crippen LogP contribution in [0.3, 0.4) is 0 Å². The van der Waals surface area contributed by atoms with Gasteiger partial charge in [-0.15, -0.1) is 0 Å². The van der Waals surface area contributed by atoms with Crippen molar-refractivity contribution in [1.82, 2.24) is 14.8 Å². The highest BCUT2D eigenvalue weighted by Gasteiger charge is 2.30. The molecule has 0 spiro atoms. The maximum Gasteiger partial charge on any atom is 0.387 e. The quantitative estimate of drug-likeness (QED) is 0.216. The molecule has 1 aliphatic carbocycles. The van der Waals surface area contributed by atoms with E-state index in [2.05, 4.69) is 4.98 Å². The summed E-state index contributed by atoms with van der Waals surface area (Å²) >= 11 is 0. The molecule has 0 bridgehead atoms. The highest BCUT2D eigenvalue weighted by atomic mass is 19.3. The van der Waals surface area contributed by atoms with Crippen LogP contribution in [-0.4, -0.2) is 39.8 Å². The van der Waals surface area contributed by atoms with Crippen molar-refractivity contribution in [2.75, 3.05) is 11.5 Å². The lowest BCUT2D eigenvalue weighted by Gasteiger charge is -2.21. The number of amides is 2.